The summed E-state index contributed by atoms with van der Waals surface area (Å²) in [6.45, 7) is 0. The van der Waals surface area contributed by atoms with Crippen LogP contribution in [-0.2, 0) is 12.8 Å². The SMILES string of the molecule is CN(C)c1nc(N[C@H]2CC[C@@H](NC(=O)c3csc(-c4cccs4)n3)CC2)nc2c1CCCC2. The number of nitrogens with zero attached hydrogens (tertiary/aromatic N) is 4. The lowest BCUT2D eigenvalue weighted by Crippen LogP contribution is -2.40. The summed E-state index contributed by atoms with van der Waals surface area (Å²) < 4.78 is 0. The number of carbonyl (C=O) groups is 1. The predicted molar refractivity (Wildman–Crippen MR) is 136 cm³/mol. The van der Waals surface area contributed by atoms with Gasteiger partial charge in [0.05, 0.1) is 10.6 Å². The van der Waals surface area contributed by atoms with Crippen molar-refractivity contribution < 1.29 is 4.79 Å². The van der Waals surface area contributed by atoms with Crippen molar-refractivity contribution in [3.63, 3.8) is 0 Å². The van der Waals surface area contributed by atoms with Crippen molar-refractivity contribution in [2.24, 2.45) is 0 Å². The van der Waals surface area contributed by atoms with Crippen LogP contribution in [0.3, 0.4) is 0 Å². The number of thiophene rings is 1. The molecular formula is C24H30N6OS2. The second-order valence-corrected chi connectivity index (χ2v) is 10.9. The molecule has 0 bridgehead atoms. The number of aryl methyl sites for hydroxylation is 1. The summed E-state index contributed by atoms with van der Waals surface area (Å²) >= 11 is 3.17. The number of nitrogens with one attached hydrogen (secondary N) is 2. The van der Waals surface area contributed by atoms with Crippen molar-refractivity contribution in [1.82, 2.24) is 20.3 Å². The number of aromatic nitrogens is 3. The van der Waals surface area contributed by atoms with Crippen LogP contribution in [0.4, 0.5) is 11.8 Å². The molecule has 0 spiro atoms. The number of fused-ring (bicyclic) bond motifs is 1. The van der Waals surface area contributed by atoms with Crippen molar-refractivity contribution in [2.75, 3.05) is 24.3 Å². The van der Waals surface area contributed by atoms with Gasteiger partial charge >= 0.3 is 0 Å². The molecule has 2 aliphatic carbocycles. The Kier molecular flexibility index (Phi) is 6.59. The van der Waals surface area contributed by atoms with Gasteiger partial charge in [-0.2, -0.15) is 4.98 Å². The third-order valence-electron chi connectivity index (χ3n) is 6.45. The largest absolute Gasteiger partial charge is 0.362 e. The maximum atomic E-state index is 12.7. The van der Waals surface area contributed by atoms with Crippen molar-refractivity contribution in [1.29, 1.82) is 0 Å². The van der Waals surface area contributed by atoms with Crippen molar-refractivity contribution in [2.45, 2.75) is 63.5 Å². The van der Waals surface area contributed by atoms with Crippen molar-refractivity contribution in [3.8, 4) is 9.88 Å². The van der Waals surface area contributed by atoms with E-state index in [1.54, 1.807) is 11.3 Å². The highest BCUT2D eigenvalue weighted by molar-refractivity contribution is 7.20. The molecule has 0 aromatic carbocycles. The van der Waals surface area contributed by atoms with Crippen LogP contribution < -0.4 is 15.5 Å². The zero-order valence-electron chi connectivity index (χ0n) is 19.1. The number of hydrogen-bond acceptors (Lipinski definition) is 8. The number of rotatable bonds is 6. The average Bonchev–Trinajstić information content (AvgIpc) is 3.52. The molecule has 1 fully saturated rings. The first-order valence-electron chi connectivity index (χ1n) is 11.7. The fourth-order valence-corrected chi connectivity index (χ4v) is 6.34. The molecule has 0 aliphatic heterocycles. The second kappa shape index (κ2) is 9.77. The van der Waals surface area contributed by atoms with Gasteiger partial charge in [-0.15, -0.1) is 22.7 Å². The summed E-state index contributed by atoms with van der Waals surface area (Å²) in [5.41, 5.74) is 3.03. The van der Waals surface area contributed by atoms with Gasteiger partial charge in [-0.05, 0) is 62.8 Å². The molecule has 0 atom stereocenters. The van der Waals surface area contributed by atoms with Gasteiger partial charge in [0, 0.05) is 37.1 Å². The molecule has 2 N–H and O–H groups in total. The molecule has 0 unspecified atom stereocenters. The minimum atomic E-state index is -0.0703. The molecular weight excluding hydrogens is 452 g/mol. The van der Waals surface area contributed by atoms with Gasteiger partial charge in [0.15, 0.2) is 0 Å². The summed E-state index contributed by atoms with van der Waals surface area (Å²) in [5, 5.41) is 11.6. The number of amides is 1. The fourth-order valence-electron chi connectivity index (χ4n) is 4.72. The van der Waals surface area contributed by atoms with Crippen LogP contribution in [0.25, 0.3) is 9.88 Å². The van der Waals surface area contributed by atoms with Gasteiger partial charge in [0.1, 0.15) is 16.5 Å². The summed E-state index contributed by atoms with van der Waals surface area (Å²) in [4.78, 5) is 30.1. The normalized spacial score (nSPS) is 20.2. The molecule has 1 saturated carbocycles. The Morgan fingerprint density at radius 2 is 1.82 bits per heavy atom. The summed E-state index contributed by atoms with van der Waals surface area (Å²) in [6.07, 6.45) is 8.39. The standard InChI is InChI=1S/C24H30N6OS2/c1-30(2)21-17-6-3-4-7-18(17)28-24(29-21)26-16-11-9-15(10-12-16)25-22(31)19-14-33-23(27-19)20-8-5-13-32-20/h5,8,13-16H,3-4,6-7,9-12H2,1-2H3,(H,25,31)(H,26,28,29)/t15-,16+. The molecule has 3 aromatic rings. The van der Waals surface area contributed by atoms with Crippen LogP contribution in [0, 0.1) is 0 Å². The van der Waals surface area contributed by atoms with Crippen molar-refractivity contribution >= 4 is 40.3 Å². The molecule has 9 heteroatoms. The third kappa shape index (κ3) is 5.04. The predicted octanol–water partition coefficient (Wildman–Crippen LogP) is 4.76. The summed E-state index contributed by atoms with van der Waals surface area (Å²) in [7, 11) is 4.11. The lowest BCUT2D eigenvalue weighted by Gasteiger charge is -2.30. The van der Waals surface area contributed by atoms with Crippen LogP contribution >= 0.6 is 22.7 Å². The minimum absolute atomic E-state index is 0.0703. The molecule has 3 heterocycles. The van der Waals surface area contributed by atoms with Gasteiger partial charge in [0.25, 0.3) is 5.91 Å². The number of hydrogen-bond donors (Lipinski definition) is 2. The molecule has 3 aromatic heterocycles. The van der Waals surface area contributed by atoms with E-state index < -0.39 is 0 Å². The van der Waals surface area contributed by atoms with Crippen LogP contribution in [0.2, 0.25) is 0 Å². The first-order valence-corrected chi connectivity index (χ1v) is 13.5. The number of thiazole rings is 1. The van der Waals surface area contributed by atoms with E-state index in [1.165, 1.54) is 35.4 Å². The average molecular weight is 483 g/mol. The zero-order chi connectivity index (χ0) is 22.8. The lowest BCUT2D eigenvalue weighted by molar-refractivity contribution is 0.0922. The lowest BCUT2D eigenvalue weighted by atomic mass is 9.91. The molecule has 174 valence electrons. The molecule has 0 radical (unpaired) electrons. The van der Waals surface area contributed by atoms with Gasteiger partial charge in [-0.3, -0.25) is 4.79 Å². The summed E-state index contributed by atoms with van der Waals surface area (Å²) in [6, 6.07) is 4.56. The van der Waals surface area contributed by atoms with E-state index in [1.807, 2.05) is 22.9 Å². The number of carbonyl (C=O) groups excluding carboxylic acids is 1. The Bertz CT molecular complexity index is 1100. The van der Waals surface area contributed by atoms with Crippen LogP contribution in [0.5, 0.6) is 0 Å². The second-order valence-electron chi connectivity index (χ2n) is 9.08. The van der Waals surface area contributed by atoms with E-state index in [-0.39, 0.29) is 11.9 Å². The van der Waals surface area contributed by atoms with Crippen LogP contribution in [-0.4, -0.2) is 47.0 Å². The van der Waals surface area contributed by atoms with Gasteiger partial charge in [0.2, 0.25) is 5.95 Å². The first kappa shape index (κ1) is 22.3. The minimum Gasteiger partial charge on any atom is -0.362 e. The van der Waals surface area contributed by atoms with Crippen LogP contribution in [0.1, 0.15) is 60.3 Å². The van der Waals surface area contributed by atoms with E-state index in [9.17, 15) is 4.79 Å². The highest BCUT2D eigenvalue weighted by atomic mass is 32.1. The Morgan fingerprint density at radius 3 is 2.58 bits per heavy atom. The number of anilines is 2. The van der Waals surface area contributed by atoms with E-state index >= 15 is 0 Å². The molecule has 1 amide bonds. The topological polar surface area (TPSA) is 83.0 Å². The Labute approximate surface area is 202 Å². The Hall–Kier alpha value is -2.52. The van der Waals surface area contributed by atoms with Crippen molar-refractivity contribution in [3.05, 3.63) is 39.8 Å². The van der Waals surface area contributed by atoms with E-state index in [2.05, 4.69) is 34.6 Å². The van der Waals surface area contributed by atoms with E-state index in [0.29, 0.717) is 11.7 Å². The molecule has 5 rings (SSSR count). The van der Waals surface area contributed by atoms with E-state index in [4.69, 9.17) is 9.97 Å². The fraction of sp³-hybridized carbons (Fsp3) is 0.500. The highest BCUT2D eigenvalue weighted by Gasteiger charge is 2.25. The van der Waals surface area contributed by atoms with Gasteiger partial charge in [-0.25, -0.2) is 9.97 Å². The molecule has 0 saturated heterocycles. The smallest absolute Gasteiger partial charge is 0.270 e. The summed E-state index contributed by atoms with van der Waals surface area (Å²) in [5.74, 6) is 1.72. The first-order chi connectivity index (χ1) is 16.1. The molecule has 33 heavy (non-hydrogen) atoms. The quantitative estimate of drug-likeness (QED) is 0.527. The Balaban J connectivity index is 1.16. The highest BCUT2D eigenvalue weighted by Crippen LogP contribution is 2.30. The van der Waals surface area contributed by atoms with Gasteiger partial charge in [-0.1, -0.05) is 6.07 Å². The molecule has 7 nitrogen and oxygen atoms in total. The third-order valence-corrected chi connectivity index (χ3v) is 8.33. The van der Waals surface area contributed by atoms with E-state index in [0.717, 1.165) is 60.2 Å². The monoisotopic (exact) mass is 482 g/mol. The zero-order valence-corrected chi connectivity index (χ0v) is 20.8. The molecule has 2 aliphatic rings. The maximum absolute atomic E-state index is 12.7. The Morgan fingerprint density at radius 1 is 1.03 bits per heavy atom. The van der Waals surface area contributed by atoms with Crippen LogP contribution in [0.15, 0.2) is 22.9 Å². The maximum Gasteiger partial charge on any atom is 0.270 e. The van der Waals surface area contributed by atoms with Gasteiger partial charge < -0.3 is 15.5 Å².